The highest BCUT2D eigenvalue weighted by atomic mass is 14.8. The second-order valence-corrected chi connectivity index (χ2v) is 3.08. The lowest BCUT2D eigenvalue weighted by Gasteiger charge is -2.06. The van der Waals surface area contributed by atoms with Gasteiger partial charge < -0.3 is 5.32 Å². The summed E-state index contributed by atoms with van der Waals surface area (Å²) in [5, 5.41) is 4.35. The third kappa shape index (κ3) is 1.24. The van der Waals surface area contributed by atoms with Gasteiger partial charge in [-0.2, -0.15) is 0 Å². The highest BCUT2D eigenvalue weighted by Gasteiger charge is 2.01. The van der Waals surface area contributed by atoms with Crippen LogP contribution < -0.4 is 5.32 Å². The third-order valence-electron chi connectivity index (χ3n) is 2.26. The molecule has 1 heterocycles. The normalized spacial score (nSPS) is 10.3. The van der Waals surface area contributed by atoms with E-state index in [1.807, 2.05) is 19.3 Å². The molecule has 2 nitrogen and oxygen atoms in total. The van der Waals surface area contributed by atoms with Gasteiger partial charge in [-0.15, -0.1) is 0 Å². The molecule has 66 valence electrons. The van der Waals surface area contributed by atoms with Crippen LogP contribution in [-0.4, -0.2) is 12.0 Å². The SMILES string of the molecule is CNc1ccc(C)c2cccnc12. The van der Waals surface area contributed by atoms with Crippen molar-refractivity contribution in [3.8, 4) is 0 Å². The number of nitrogens with zero attached hydrogens (tertiary/aromatic N) is 1. The number of nitrogens with one attached hydrogen (secondary N) is 1. The van der Waals surface area contributed by atoms with Crippen LogP contribution in [0.1, 0.15) is 5.56 Å². The van der Waals surface area contributed by atoms with Gasteiger partial charge in [0.25, 0.3) is 0 Å². The summed E-state index contributed by atoms with van der Waals surface area (Å²) in [5.41, 5.74) is 3.40. The van der Waals surface area contributed by atoms with Crippen molar-refractivity contribution in [1.82, 2.24) is 4.98 Å². The Morgan fingerprint density at radius 1 is 1.23 bits per heavy atom. The lowest BCUT2D eigenvalue weighted by Crippen LogP contribution is -1.92. The lowest BCUT2D eigenvalue weighted by atomic mass is 10.1. The van der Waals surface area contributed by atoms with Crippen molar-refractivity contribution in [2.24, 2.45) is 0 Å². The van der Waals surface area contributed by atoms with Crippen LogP contribution in [0.4, 0.5) is 5.69 Å². The second-order valence-electron chi connectivity index (χ2n) is 3.08. The van der Waals surface area contributed by atoms with Gasteiger partial charge >= 0.3 is 0 Å². The van der Waals surface area contributed by atoms with Gasteiger partial charge in [-0.05, 0) is 24.6 Å². The molecule has 0 fully saturated rings. The number of pyridine rings is 1. The zero-order chi connectivity index (χ0) is 9.26. The largest absolute Gasteiger partial charge is 0.386 e. The molecule has 0 aliphatic rings. The summed E-state index contributed by atoms with van der Waals surface area (Å²) < 4.78 is 0. The van der Waals surface area contributed by atoms with Gasteiger partial charge in [0.05, 0.1) is 11.2 Å². The van der Waals surface area contributed by atoms with Crippen LogP contribution in [0, 0.1) is 6.92 Å². The summed E-state index contributed by atoms with van der Waals surface area (Å²) in [7, 11) is 1.92. The summed E-state index contributed by atoms with van der Waals surface area (Å²) in [6, 6.07) is 8.23. The first-order valence-corrected chi connectivity index (χ1v) is 4.35. The number of fused-ring (bicyclic) bond motifs is 1. The number of benzene rings is 1. The van der Waals surface area contributed by atoms with Crippen molar-refractivity contribution >= 4 is 16.6 Å². The maximum Gasteiger partial charge on any atom is 0.0935 e. The summed E-state index contributed by atoms with van der Waals surface area (Å²) >= 11 is 0. The first kappa shape index (κ1) is 8.05. The Bertz CT molecular complexity index is 435. The predicted octanol–water partition coefficient (Wildman–Crippen LogP) is 2.58. The van der Waals surface area contributed by atoms with Gasteiger partial charge in [0.15, 0.2) is 0 Å². The van der Waals surface area contributed by atoms with Crippen LogP contribution in [0.25, 0.3) is 10.9 Å². The molecule has 0 amide bonds. The molecular weight excluding hydrogens is 160 g/mol. The van der Waals surface area contributed by atoms with Crippen LogP contribution in [0.2, 0.25) is 0 Å². The highest BCUT2D eigenvalue weighted by Crippen LogP contribution is 2.23. The van der Waals surface area contributed by atoms with E-state index in [4.69, 9.17) is 0 Å². The quantitative estimate of drug-likeness (QED) is 0.715. The summed E-state index contributed by atoms with van der Waals surface area (Å²) in [5.74, 6) is 0. The minimum atomic E-state index is 1.05. The maximum absolute atomic E-state index is 4.35. The molecule has 0 unspecified atom stereocenters. The molecule has 0 spiro atoms. The van der Waals surface area contributed by atoms with Gasteiger partial charge in [-0.3, -0.25) is 4.98 Å². The van der Waals surface area contributed by atoms with Gasteiger partial charge in [-0.25, -0.2) is 0 Å². The van der Waals surface area contributed by atoms with Crippen molar-refractivity contribution in [2.75, 3.05) is 12.4 Å². The molecular formula is C11H12N2. The molecule has 2 heteroatoms. The molecule has 0 radical (unpaired) electrons. The first-order chi connectivity index (χ1) is 6.33. The summed E-state index contributed by atoms with van der Waals surface area (Å²) in [6.07, 6.45) is 1.82. The van der Waals surface area contributed by atoms with Crippen molar-refractivity contribution in [3.05, 3.63) is 36.0 Å². The van der Waals surface area contributed by atoms with Crippen molar-refractivity contribution in [3.63, 3.8) is 0 Å². The van der Waals surface area contributed by atoms with Crippen LogP contribution >= 0.6 is 0 Å². The van der Waals surface area contributed by atoms with E-state index in [1.54, 1.807) is 0 Å². The van der Waals surface area contributed by atoms with Crippen molar-refractivity contribution < 1.29 is 0 Å². The standard InChI is InChI=1S/C11H12N2/c1-8-5-6-10(12-2)11-9(8)4-3-7-13-11/h3-7,12H,1-2H3. The Labute approximate surface area is 77.6 Å². The zero-order valence-corrected chi connectivity index (χ0v) is 7.83. The Morgan fingerprint density at radius 3 is 2.85 bits per heavy atom. The molecule has 0 saturated carbocycles. The molecule has 0 bridgehead atoms. The lowest BCUT2D eigenvalue weighted by molar-refractivity contribution is 1.37. The average molecular weight is 172 g/mol. The fourth-order valence-corrected chi connectivity index (χ4v) is 1.52. The summed E-state index contributed by atoms with van der Waals surface area (Å²) in [6.45, 7) is 2.10. The average Bonchev–Trinajstić information content (AvgIpc) is 2.19. The van der Waals surface area contributed by atoms with E-state index in [-0.39, 0.29) is 0 Å². The molecule has 13 heavy (non-hydrogen) atoms. The van der Waals surface area contributed by atoms with E-state index in [0.29, 0.717) is 0 Å². The molecule has 1 aromatic carbocycles. The number of anilines is 1. The minimum Gasteiger partial charge on any atom is -0.386 e. The molecule has 2 rings (SSSR count). The van der Waals surface area contributed by atoms with Crippen LogP contribution in [-0.2, 0) is 0 Å². The first-order valence-electron chi connectivity index (χ1n) is 4.35. The fraction of sp³-hybridized carbons (Fsp3) is 0.182. The molecule has 0 saturated heterocycles. The van der Waals surface area contributed by atoms with Gasteiger partial charge in [0.1, 0.15) is 0 Å². The zero-order valence-electron chi connectivity index (χ0n) is 7.83. The van der Waals surface area contributed by atoms with E-state index >= 15 is 0 Å². The number of aryl methyl sites for hydroxylation is 1. The Morgan fingerprint density at radius 2 is 2.08 bits per heavy atom. The summed E-state index contributed by atoms with van der Waals surface area (Å²) in [4.78, 5) is 4.35. The molecule has 0 aliphatic heterocycles. The predicted molar refractivity (Wildman–Crippen MR) is 56.0 cm³/mol. The third-order valence-corrected chi connectivity index (χ3v) is 2.26. The smallest absolute Gasteiger partial charge is 0.0935 e. The maximum atomic E-state index is 4.35. The van der Waals surface area contributed by atoms with Crippen LogP contribution in [0.3, 0.4) is 0 Å². The number of aromatic nitrogens is 1. The Kier molecular flexibility index (Phi) is 1.89. The van der Waals surface area contributed by atoms with E-state index in [1.165, 1.54) is 10.9 Å². The monoisotopic (exact) mass is 172 g/mol. The van der Waals surface area contributed by atoms with E-state index in [9.17, 15) is 0 Å². The van der Waals surface area contributed by atoms with E-state index < -0.39 is 0 Å². The fourth-order valence-electron chi connectivity index (χ4n) is 1.52. The van der Waals surface area contributed by atoms with E-state index in [2.05, 4.69) is 35.4 Å². The van der Waals surface area contributed by atoms with Crippen LogP contribution in [0.15, 0.2) is 30.5 Å². The molecule has 1 N–H and O–H groups in total. The highest BCUT2D eigenvalue weighted by molar-refractivity contribution is 5.92. The number of rotatable bonds is 1. The number of hydrogen-bond acceptors (Lipinski definition) is 2. The van der Waals surface area contributed by atoms with Gasteiger partial charge in [0, 0.05) is 18.6 Å². The Hall–Kier alpha value is -1.57. The van der Waals surface area contributed by atoms with E-state index in [0.717, 1.165) is 11.2 Å². The van der Waals surface area contributed by atoms with Crippen molar-refractivity contribution in [1.29, 1.82) is 0 Å². The number of hydrogen-bond donors (Lipinski definition) is 1. The van der Waals surface area contributed by atoms with Gasteiger partial charge in [-0.1, -0.05) is 12.1 Å². The Balaban J connectivity index is 2.84. The topological polar surface area (TPSA) is 24.9 Å². The molecule has 2 aromatic rings. The van der Waals surface area contributed by atoms with Gasteiger partial charge in [0.2, 0.25) is 0 Å². The molecule has 0 aliphatic carbocycles. The molecule has 0 atom stereocenters. The van der Waals surface area contributed by atoms with Crippen LogP contribution in [0.5, 0.6) is 0 Å². The van der Waals surface area contributed by atoms with Crippen molar-refractivity contribution in [2.45, 2.75) is 6.92 Å². The molecule has 1 aromatic heterocycles. The second kappa shape index (κ2) is 3.05. The minimum absolute atomic E-state index is 1.05.